The van der Waals surface area contributed by atoms with Gasteiger partial charge in [0.1, 0.15) is 4.88 Å². The zero-order valence-corrected chi connectivity index (χ0v) is 13.3. The van der Waals surface area contributed by atoms with E-state index in [1.807, 2.05) is 13.0 Å². The van der Waals surface area contributed by atoms with Gasteiger partial charge in [-0.25, -0.2) is 0 Å². The number of carbonyl (C=O) groups is 1. The van der Waals surface area contributed by atoms with Crippen LogP contribution in [0.2, 0.25) is 10.0 Å². The largest absolute Gasteiger partial charge is 0.396 e. The average molecular weight is 332 g/mol. The van der Waals surface area contributed by atoms with Gasteiger partial charge < -0.3 is 10.4 Å². The first-order valence-corrected chi connectivity index (χ1v) is 7.93. The first-order valence-electron chi connectivity index (χ1n) is 6.36. The van der Waals surface area contributed by atoms with Crippen LogP contribution in [0.15, 0.2) is 18.2 Å². The molecule has 0 aliphatic carbocycles. The number of hydrogen-bond donors (Lipinski definition) is 2. The van der Waals surface area contributed by atoms with Crippen molar-refractivity contribution in [3.63, 3.8) is 0 Å². The number of hydrogen-bond acceptors (Lipinski definition) is 3. The summed E-state index contributed by atoms with van der Waals surface area (Å²) in [5, 5.41) is 13.8. The van der Waals surface area contributed by atoms with E-state index < -0.39 is 0 Å². The highest BCUT2D eigenvalue weighted by atomic mass is 35.5. The molecule has 1 heterocycles. The Morgan fingerprint density at radius 3 is 2.85 bits per heavy atom. The molecular weight excluding hydrogens is 317 g/mol. The van der Waals surface area contributed by atoms with Gasteiger partial charge in [-0.15, -0.1) is 11.3 Å². The third-order valence-corrected chi connectivity index (χ3v) is 4.99. The molecule has 108 valence electrons. The van der Waals surface area contributed by atoms with Gasteiger partial charge in [-0.1, -0.05) is 36.2 Å². The zero-order chi connectivity index (χ0) is 14.7. The highest BCUT2D eigenvalue weighted by molar-refractivity contribution is 7.21. The molecule has 1 atom stereocenters. The van der Waals surface area contributed by atoms with Crippen molar-refractivity contribution in [2.24, 2.45) is 0 Å². The quantitative estimate of drug-likeness (QED) is 0.866. The van der Waals surface area contributed by atoms with E-state index in [0.29, 0.717) is 21.3 Å². The number of carbonyl (C=O) groups excluding carboxylic acids is 1. The molecule has 0 aliphatic heterocycles. The predicted molar refractivity (Wildman–Crippen MR) is 85.1 cm³/mol. The number of aliphatic hydroxyl groups is 1. The van der Waals surface area contributed by atoms with Crippen molar-refractivity contribution in [3.05, 3.63) is 33.1 Å². The Morgan fingerprint density at radius 2 is 2.20 bits per heavy atom. The van der Waals surface area contributed by atoms with Crippen LogP contribution in [-0.4, -0.2) is 23.7 Å². The van der Waals surface area contributed by atoms with Gasteiger partial charge in [-0.3, -0.25) is 4.79 Å². The third-order valence-electron chi connectivity index (χ3n) is 3.10. The Kier molecular flexibility index (Phi) is 5.27. The number of thiophene rings is 1. The number of aliphatic hydroxyl groups excluding tert-OH is 1. The SMILES string of the molecule is CCC(CCO)NC(=O)c1sc2cc(Cl)ccc2c1Cl. The fourth-order valence-electron chi connectivity index (χ4n) is 1.97. The van der Waals surface area contributed by atoms with Gasteiger partial charge >= 0.3 is 0 Å². The summed E-state index contributed by atoms with van der Waals surface area (Å²) in [7, 11) is 0. The molecule has 6 heteroatoms. The van der Waals surface area contributed by atoms with E-state index in [1.54, 1.807) is 12.1 Å². The van der Waals surface area contributed by atoms with Gasteiger partial charge in [0.05, 0.1) is 5.02 Å². The maximum atomic E-state index is 12.3. The monoisotopic (exact) mass is 331 g/mol. The molecule has 0 fully saturated rings. The number of fused-ring (bicyclic) bond motifs is 1. The van der Waals surface area contributed by atoms with Gasteiger partial charge in [0.25, 0.3) is 5.91 Å². The second-order valence-corrected chi connectivity index (χ2v) is 6.34. The lowest BCUT2D eigenvalue weighted by Gasteiger charge is -2.14. The molecule has 0 bridgehead atoms. The van der Waals surface area contributed by atoms with Crippen molar-refractivity contribution >= 4 is 50.5 Å². The van der Waals surface area contributed by atoms with E-state index in [0.717, 1.165) is 16.5 Å². The lowest BCUT2D eigenvalue weighted by atomic mass is 10.1. The van der Waals surface area contributed by atoms with Crippen molar-refractivity contribution in [2.75, 3.05) is 6.61 Å². The minimum Gasteiger partial charge on any atom is -0.396 e. The highest BCUT2D eigenvalue weighted by Crippen LogP contribution is 2.36. The summed E-state index contributed by atoms with van der Waals surface area (Å²) >= 11 is 13.5. The van der Waals surface area contributed by atoms with Gasteiger partial charge in [0, 0.05) is 27.8 Å². The summed E-state index contributed by atoms with van der Waals surface area (Å²) < 4.78 is 0.892. The molecular formula is C14H15Cl2NO2S. The first kappa shape index (κ1) is 15.6. The molecule has 1 amide bonds. The minimum absolute atomic E-state index is 0.0441. The third kappa shape index (κ3) is 3.26. The van der Waals surface area contributed by atoms with Crippen molar-refractivity contribution < 1.29 is 9.90 Å². The molecule has 2 rings (SSSR count). The van der Waals surface area contributed by atoms with Crippen LogP contribution in [0.5, 0.6) is 0 Å². The van der Waals surface area contributed by atoms with Gasteiger partial charge in [-0.05, 0) is 25.0 Å². The van der Waals surface area contributed by atoms with Gasteiger partial charge in [0.2, 0.25) is 0 Å². The van der Waals surface area contributed by atoms with E-state index in [4.69, 9.17) is 28.3 Å². The smallest absolute Gasteiger partial charge is 0.263 e. The minimum atomic E-state index is -0.201. The molecule has 1 unspecified atom stereocenters. The maximum absolute atomic E-state index is 12.3. The zero-order valence-electron chi connectivity index (χ0n) is 11.0. The van der Waals surface area contributed by atoms with Crippen LogP contribution in [0, 0.1) is 0 Å². The van der Waals surface area contributed by atoms with E-state index in [1.165, 1.54) is 11.3 Å². The molecule has 20 heavy (non-hydrogen) atoms. The van der Waals surface area contributed by atoms with Gasteiger partial charge in [-0.2, -0.15) is 0 Å². The second-order valence-electron chi connectivity index (χ2n) is 4.48. The van der Waals surface area contributed by atoms with Crippen molar-refractivity contribution in [1.82, 2.24) is 5.32 Å². The van der Waals surface area contributed by atoms with Crippen molar-refractivity contribution in [3.8, 4) is 0 Å². The summed E-state index contributed by atoms with van der Waals surface area (Å²) in [5.74, 6) is -0.201. The summed E-state index contributed by atoms with van der Waals surface area (Å²) in [5.41, 5.74) is 0. The average Bonchev–Trinajstić information content (AvgIpc) is 2.74. The fourth-order valence-corrected chi connectivity index (χ4v) is 3.67. The van der Waals surface area contributed by atoms with Crippen LogP contribution in [0.3, 0.4) is 0 Å². The van der Waals surface area contributed by atoms with Crippen molar-refractivity contribution in [1.29, 1.82) is 0 Å². The molecule has 0 spiro atoms. The number of benzene rings is 1. The molecule has 0 saturated heterocycles. The molecule has 3 nitrogen and oxygen atoms in total. The Labute approximate surface area is 131 Å². The van der Waals surface area contributed by atoms with E-state index in [2.05, 4.69) is 5.32 Å². The van der Waals surface area contributed by atoms with Crippen molar-refractivity contribution in [2.45, 2.75) is 25.8 Å². The van der Waals surface area contributed by atoms with Crippen LogP contribution in [0.25, 0.3) is 10.1 Å². The summed E-state index contributed by atoms with van der Waals surface area (Å²) in [6.45, 7) is 2.02. The van der Waals surface area contributed by atoms with Crippen LogP contribution in [0.4, 0.5) is 0 Å². The number of nitrogens with one attached hydrogen (secondary N) is 1. The van der Waals surface area contributed by atoms with E-state index >= 15 is 0 Å². The summed E-state index contributed by atoms with van der Waals surface area (Å²) in [6.07, 6.45) is 1.30. The molecule has 2 aromatic rings. The standard InChI is InChI=1S/C14H15Cl2NO2S/c1-2-9(5-6-18)17-14(19)13-12(16)10-4-3-8(15)7-11(10)20-13/h3-4,7,9,18H,2,5-6H2,1H3,(H,17,19). The van der Waals surface area contributed by atoms with Crippen LogP contribution >= 0.6 is 34.5 Å². The van der Waals surface area contributed by atoms with Gasteiger partial charge in [0.15, 0.2) is 0 Å². The molecule has 1 aromatic carbocycles. The molecule has 0 saturated carbocycles. The Morgan fingerprint density at radius 1 is 1.45 bits per heavy atom. The second kappa shape index (κ2) is 6.76. The topological polar surface area (TPSA) is 49.3 Å². The lowest BCUT2D eigenvalue weighted by molar-refractivity contribution is 0.0933. The lowest BCUT2D eigenvalue weighted by Crippen LogP contribution is -2.34. The number of rotatable bonds is 5. The van der Waals surface area contributed by atoms with Crippen LogP contribution < -0.4 is 5.32 Å². The predicted octanol–water partition coefficient (Wildman–Crippen LogP) is 4.10. The number of amides is 1. The molecule has 0 radical (unpaired) electrons. The molecule has 0 aliphatic rings. The Bertz CT molecular complexity index is 627. The molecule has 2 N–H and O–H groups in total. The van der Waals surface area contributed by atoms with E-state index in [9.17, 15) is 4.79 Å². The Balaban J connectivity index is 2.28. The number of halogens is 2. The fraction of sp³-hybridized carbons (Fsp3) is 0.357. The first-order chi connectivity index (χ1) is 9.56. The highest BCUT2D eigenvalue weighted by Gasteiger charge is 2.19. The maximum Gasteiger partial charge on any atom is 0.263 e. The summed E-state index contributed by atoms with van der Waals surface area (Å²) in [4.78, 5) is 12.8. The van der Waals surface area contributed by atoms with E-state index in [-0.39, 0.29) is 18.6 Å². The summed E-state index contributed by atoms with van der Waals surface area (Å²) in [6, 6.07) is 5.33. The van der Waals surface area contributed by atoms with Crippen LogP contribution in [0.1, 0.15) is 29.4 Å². The normalized spacial score (nSPS) is 12.6. The van der Waals surface area contributed by atoms with Crippen LogP contribution in [-0.2, 0) is 0 Å². The molecule has 1 aromatic heterocycles. The Hall–Kier alpha value is -0.810.